The largest absolute Gasteiger partial charge is 0.390 e. The van der Waals surface area contributed by atoms with E-state index in [0.717, 1.165) is 50.8 Å². The van der Waals surface area contributed by atoms with Crippen molar-refractivity contribution in [2.75, 3.05) is 39.3 Å². The lowest BCUT2D eigenvalue weighted by Crippen LogP contribution is -2.53. The molecule has 2 atom stereocenters. The molecule has 2 heterocycles. The quantitative estimate of drug-likeness (QED) is 0.865. The monoisotopic (exact) mass is 295 g/mol. The van der Waals surface area contributed by atoms with Gasteiger partial charge in [-0.15, -0.1) is 0 Å². The maximum atomic E-state index is 9.94. The molecule has 2 unspecified atom stereocenters. The van der Waals surface area contributed by atoms with Crippen LogP contribution in [0.1, 0.15) is 5.56 Å². The molecule has 0 spiro atoms. The van der Waals surface area contributed by atoms with Crippen LogP contribution in [0.5, 0.6) is 0 Å². The normalized spacial score (nSPS) is 28.9. The van der Waals surface area contributed by atoms with Crippen LogP contribution in [0, 0.1) is 0 Å². The number of β-amino-alcohol motifs (C(OH)–C–C–N with tert-alkyl or cyclic N) is 1. The van der Waals surface area contributed by atoms with E-state index in [-0.39, 0.29) is 6.10 Å². The molecule has 0 radical (unpaired) electrons. The second-order valence-corrected chi connectivity index (χ2v) is 6.17. The molecule has 3 rings (SSSR count). The molecule has 2 aliphatic rings. The fourth-order valence-electron chi connectivity index (χ4n) is 3.12. The Hall–Kier alpha value is -0.650. The van der Waals surface area contributed by atoms with Crippen LogP contribution in [-0.4, -0.2) is 66.3 Å². The Kier molecular flexibility index (Phi) is 4.58. The third-order valence-corrected chi connectivity index (χ3v) is 4.60. The highest BCUT2D eigenvalue weighted by Crippen LogP contribution is 2.15. The predicted molar refractivity (Wildman–Crippen MR) is 81.0 cm³/mol. The summed E-state index contributed by atoms with van der Waals surface area (Å²) in [6.45, 7) is 6.83. The van der Waals surface area contributed by atoms with E-state index < -0.39 is 0 Å². The summed E-state index contributed by atoms with van der Waals surface area (Å²) in [5, 5.41) is 14.0. The number of nitrogens with one attached hydrogen (secondary N) is 1. The maximum Gasteiger partial charge on any atom is 0.0831 e. The van der Waals surface area contributed by atoms with Gasteiger partial charge in [0.2, 0.25) is 0 Å². The van der Waals surface area contributed by atoms with Crippen molar-refractivity contribution in [2.24, 2.45) is 0 Å². The molecule has 0 aromatic heterocycles. The van der Waals surface area contributed by atoms with Gasteiger partial charge in [-0.1, -0.05) is 23.7 Å². The summed E-state index contributed by atoms with van der Waals surface area (Å²) in [7, 11) is 0. The lowest BCUT2D eigenvalue weighted by atomic mass is 10.1. The van der Waals surface area contributed by atoms with Crippen molar-refractivity contribution in [3.8, 4) is 0 Å². The van der Waals surface area contributed by atoms with E-state index in [0.29, 0.717) is 6.04 Å². The zero-order valence-corrected chi connectivity index (χ0v) is 12.4. The maximum absolute atomic E-state index is 9.94. The summed E-state index contributed by atoms with van der Waals surface area (Å²) >= 11 is 5.91. The molecule has 20 heavy (non-hydrogen) atoms. The van der Waals surface area contributed by atoms with Crippen LogP contribution < -0.4 is 5.32 Å². The highest BCUT2D eigenvalue weighted by Gasteiger charge is 2.32. The second kappa shape index (κ2) is 6.41. The number of rotatable bonds is 3. The van der Waals surface area contributed by atoms with Gasteiger partial charge in [-0.2, -0.15) is 0 Å². The van der Waals surface area contributed by atoms with Crippen molar-refractivity contribution in [3.63, 3.8) is 0 Å². The average Bonchev–Trinajstić information content (AvgIpc) is 2.89. The van der Waals surface area contributed by atoms with Gasteiger partial charge in [0.1, 0.15) is 0 Å². The van der Waals surface area contributed by atoms with Gasteiger partial charge in [-0.05, 0) is 17.7 Å². The van der Waals surface area contributed by atoms with Crippen molar-refractivity contribution < 1.29 is 5.11 Å². The minimum absolute atomic E-state index is 0.210. The number of aliphatic hydroxyl groups excluding tert-OH is 1. The van der Waals surface area contributed by atoms with Gasteiger partial charge < -0.3 is 10.4 Å². The molecule has 1 aromatic rings. The lowest BCUT2D eigenvalue weighted by Gasteiger charge is -2.38. The van der Waals surface area contributed by atoms with Crippen molar-refractivity contribution in [2.45, 2.75) is 18.7 Å². The number of hydrogen-bond acceptors (Lipinski definition) is 4. The minimum Gasteiger partial charge on any atom is -0.390 e. The molecule has 2 N–H and O–H groups in total. The van der Waals surface area contributed by atoms with Crippen molar-refractivity contribution in [1.82, 2.24) is 15.1 Å². The molecule has 110 valence electrons. The Morgan fingerprint density at radius 1 is 1.10 bits per heavy atom. The summed E-state index contributed by atoms with van der Waals surface area (Å²) in [6.07, 6.45) is -0.210. The standard InChI is InChI=1S/C15H22ClN3O/c16-13-3-1-12(2-4-13)11-18-5-7-19(8-6-18)14-9-17-10-15(14)20/h1-4,14-15,17,20H,5-11H2. The van der Waals surface area contributed by atoms with E-state index in [1.54, 1.807) is 0 Å². The van der Waals surface area contributed by atoms with E-state index in [9.17, 15) is 5.11 Å². The summed E-state index contributed by atoms with van der Waals surface area (Å²) in [4.78, 5) is 4.89. The summed E-state index contributed by atoms with van der Waals surface area (Å²) < 4.78 is 0. The van der Waals surface area contributed by atoms with E-state index in [1.165, 1.54) is 5.56 Å². The molecular weight excluding hydrogens is 274 g/mol. The lowest BCUT2D eigenvalue weighted by molar-refractivity contribution is 0.0424. The van der Waals surface area contributed by atoms with Crippen LogP contribution in [0.3, 0.4) is 0 Å². The zero-order valence-electron chi connectivity index (χ0n) is 11.6. The average molecular weight is 296 g/mol. The van der Waals surface area contributed by atoms with Gasteiger partial charge >= 0.3 is 0 Å². The van der Waals surface area contributed by atoms with Gasteiger partial charge in [-0.25, -0.2) is 0 Å². The third kappa shape index (κ3) is 3.32. The number of nitrogens with zero attached hydrogens (tertiary/aromatic N) is 2. The van der Waals surface area contributed by atoms with Crippen molar-refractivity contribution in [3.05, 3.63) is 34.9 Å². The number of hydrogen-bond donors (Lipinski definition) is 2. The Balaban J connectivity index is 1.49. The fraction of sp³-hybridized carbons (Fsp3) is 0.600. The SMILES string of the molecule is OC1CNCC1N1CCN(Cc2ccc(Cl)cc2)CC1. The topological polar surface area (TPSA) is 38.7 Å². The molecule has 5 heteroatoms. The van der Waals surface area contributed by atoms with Crippen molar-refractivity contribution in [1.29, 1.82) is 0 Å². The second-order valence-electron chi connectivity index (χ2n) is 5.73. The van der Waals surface area contributed by atoms with E-state index in [2.05, 4.69) is 27.2 Å². The molecule has 2 fully saturated rings. The first-order valence-corrected chi connectivity index (χ1v) is 7.70. The van der Waals surface area contributed by atoms with Gasteiger partial charge in [0.25, 0.3) is 0 Å². The summed E-state index contributed by atoms with van der Waals surface area (Å²) in [5.41, 5.74) is 1.31. The van der Waals surface area contributed by atoms with Gasteiger partial charge in [-0.3, -0.25) is 9.80 Å². The van der Waals surface area contributed by atoms with Crippen molar-refractivity contribution >= 4 is 11.6 Å². The number of aliphatic hydroxyl groups is 1. The molecule has 2 saturated heterocycles. The van der Waals surface area contributed by atoms with Crippen LogP contribution in [0.2, 0.25) is 5.02 Å². The molecule has 1 aromatic carbocycles. The highest BCUT2D eigenvalue weighted by molar-refractivity contribution is 6.30. The highest BCUT2D eigenvalue weighted by atomic mass is 35.5. The number of halogens is 1. The molecule has 0 amide bonds. The molecule has 0 bridgehead atoms. The molecule has 2 aliphatic heterocycles. The Bertz CT molecular complexity index is 431. The third-order valence-electron chi connectivity index (χ3n) is 4.35. The van der Waals surface area contributed by atoms with Gasteiger partial charge in [0.05, 0.1) is 6.10 Å². The smallest absolute Gasteiger partial charge is 0.0831 e. The van der Waals surface area contributed by atoms with E-state index in [1.807, 2.05) is 12.1 Å². The van der Waals surface area contributed by atoms with E-state index in [4.69, 9.17) is 11.6 Å². The molecular formula is C15H22ClN3O. The zero-order chi connectivity index (χ0) is 13.9. The Morgan fingerprint density at radius 3 is 2.40 bits per heavy atom. The first-order chi connectivity index (χ1) is 9.72. The fourth-order valence-corrected chi connectivity index (χ4v) is 3.25. The molecule has 0 aliphatic carbocycles. The Morgan fingerprint density at radius 2 is 1.80 bits per heavy atom. The molecule has 4 nitrogen and oxygen atoms in total. The summed E-state index contributed by atoms with van der Waals surface area (Å²) in [5.74, 6) is 0. The van der Waals surface area contributed by atoms with Crippen LogP contribution >= 0.6 is 11.6 Å². The number of benzene rings is 1. The first-order valence-electron chi connectivity index (χ1n) is 7.32. The van der Waals surface area contributed by atoms with Crippen LogP contribution in [0.15, 0.2) is 24.3 Å². The van der Waals surface area contributed by atoms with E-state index >= 15 is 0 Å². The predicted octanol–water partition coefficient (Wildman–Crippen LogP) is 0.790. The Labute approximate surface area is 125 Å². The van der Waals surface area contributed by atoms with Gasteiger partial charge in [0, 0.05) is 56.9 Å². The van der Waals surface area contributed by atoms with Crippen LogP contribution in [-0.2, 0) is 6.54 Å². The molecule has 0 saturated carbocycles. The van der Waals surface area contributed by atoms with Crippen LogP contribution in [0.25, 0.3) is 0 Å². The summed E-state index contributed by atoms with van der Waals surface area (Å²) in [6, 6.07) is 8.40. The minimum atomic E-state index is -0.210. The van der Waals surface area contributed by atoms with Crippen LogP contribution in [0.4, 0.5) is 0 Å². The number of piperazine rings is 1. The first kappa shape index (κ1) is 14.3. The van der Waals surface area contributed by atoms with Gasteiger partial charge in [0.15, 0.2) is 0 Å².